The first kappa shape index (κ1) is 14.1. The summed E-state index contributed by atoms with van der Waals surface area (Å²) in [6.45, 7) is 0. The molecule has 0 amide bonds. The molecular weight excluding hydrogens is 276 g/mol. The molecule has 5 nitrogen and oxygen atoms in total. The van der Waals surface area contributed by atoms with Gasteiger partial charge >= 0.3 is 0 Å². The summed E-state index contributed by atoms with van der Waals surface area (Å²) in [4.78, 5) is 4.21. The molecule has 0 spiro atoms. The van der Waals surface area contributed by atoms with Crippen molar-refractivity contribution >= 4 is 27.6 Å². The first-order valence-corrected chi connectivity index (χ1v) is 7.74. The van der Waals surface area contributed by atoms with Crippen molar-refractivity contribution in [2.75, 3.05) is 11.0 Å². The molecule has 0 aliphatic heterocycles. The van der Waals surface area contributed by atoms with Crippen LogP contribution in [0.25, 0.3) is 0 Å². The van der Waals surface area contributed by atoms with E-state index >= 15 is 0 Å². The molecule has 0 unspecified atom stereocenters. The molecule has 0 saturated carbocycles. The Balaban J connectivity index is 2.30. The standard InChI is InChI=1S/C14H14N2O3S/c1-20(18,19)16-13-9-5-6-11(14(13)17)10-15-12-7-3-2-4-8-12/h2-10,16-17H,1H3. The molecule has 0 saturated heterocycles. The van der Waals surface area contributed by atoms with Crippen LogP contribution in [0.4, 0.5) is 11.4 Å². The predicted molar refractivity (Wildman–Crippen MR) is 80.3 cm³/mol. The minimum absolute atomic E-state index is 0.129. The Kier molecular flexibility index (Phi) is 4.05. The number of aliphatic imine (C=N–C) groups is 1. The van der Waals surface area contributed by atoms with Crippen molar-refractivity contribution in [1.29, 1.82) is 0 Å². The number of para-hydroxylation sites is 2. The Bertz CT molecular complexity index is 725. The van der Waals surface area contributed by atoms with Gasteiger partial charge in [0.05, 0.1) is 17.6 Å². The first-order valence-electron chi connectivity index (χ1n) is 5.84. The average Bonchev–Trinajstić information content (AvgIpc) is 2.39. The number of benzene rings is 2. The summed E-state index contributed by atoms with van der Waals surface area (Å²) in [5.74, 6) is -0.155. The van der Waals surface area contributed by atoms with E-state index in [2.05, 4.69) is 9.71 Å². The van der Waals surface area contributed by atoms with Crippen LogP contribution in [0, 0.1) is 0 Å². The number of rotatable bonds is 4. The van der Waals surface area contributed by atoms with Crippen LogP contribution in [-0.4, -0.2) is 26.0 Å². The number of phenolic OH excluding ortho intramolecular Hbond substituents is 1. The highest BCUT2D eigenvalue weighted by Crippen LogP contribution is 2.27. The molecule has 0 aliphatic carbocycles. The molecule has 104 valence electrons. The van der Waals surface area contributed by atoms with Crippen molar-refractivity contribution in [3.05, 3.63) is 54.1 Å². The van der Waals surface area contributed by atoms with Gasteiger partial charge in [0, 0.05) is 11.8 Å². The van der Waals surface area contributed by atoms with Gasteiger partial charge in [0.25, 0.3) is 0 Å². The third-order valence-corrected chi connectivity index (χ3v) is 3.06. The van der Waals surface area contributed by atoms with E-state index < -0.39 is 10.0 Å². The van der Waals surface area contributed by atoms with Gasteiger partial charge in [-0.3, -0.25) is 9.71 Å². The van der Waals surface area contributed by atoms with Crippen molar-refractivity contribution in [2.24, 2.45) is 4.99 Å². The summed E-state index contributed by atoms with van der Waals surface area (Å²) in [5, 5.41) is 10.0. The van der Waals surface area contributed by atoms with Crippen LogP contribution in [0.5, 0.6) is 5.75 Å². The lowest BCUT2D eigenvalue weighted by atomic mass is 10.2. The number of nitrogens with one attached hydrogen (secondary N) is 1. The monoisotopic (exact) mass is 290 g/mol. The number of hydrogen-bond donors (Lipinski definition) is 2. The maximum Gasteiger partial charge on any atom is 0.229 e. The van der Waals surface area contributed by atoms with Gasteiger partial charge in [-0.05, 0) is 24.3 Å². The van der Waals surface area contributed by atoms with Gasteiger partial charge < -0.3 is 5.11 Å². The van der Waals surface area contributed by atoms with E-state index in [1.807, 2.05) is 30.3 Å². The molecule has 2 N–H and O–H groups in total. The highest BCUT2D eigenvalue weighted by Gasteiger charge is 2.09. The van der Waals surface area contributed by atoms with Gasteiger partial charge in [-0.1, -0.05) is 24.3 Å². The number of hydrogen-bond acceptors (Lipinski definition) is 4. The molecule has 6 heteroatoms. The first-order chi connectivity index (χ1) is 9.46. The topological polar surface area (TPSA) is 78.8 Å². The minimum atomic E-state index is -3.44. The van der Waals surface area contributed by atoms with Crippen molar-refractivity contribution in [1.82, 2.24) is 0 Å². The summed E-state index contributed by atoms with van der Waals surface area (Å²) in [6.07, 6.45) is 2.51. The molecule has 0 heterocycles. The lowest BCUT2D eigenvalue weighted by molar-refractivity contribution is 0.477. The lowest BCUT2D eigenvalue weighted by Crippen LogP contribution is -2.09. The van der Waals surface area contributed by atoms with Crippen molar-refractivity contribution < 1.29 is 13.5 Å². The van der Waals surface area contributed by atoms with Gasteiger partial charge in [-0.15, -0.1) is 0 Å². The lowest BCUT2D eigenvalue weighted by Gasteiger charge is -2.07. The highest BCUT2D eigenvalue weighted by molar-refractivity contribution is 7.92. The summed E-state index contributed by atoms with van der Waals surface area (Å²) < 4.78 is 24.6. The fraction of sp³-hybridized carbons (Fsp3) is 0.0714. The minimum Gasteiger partial charge on any atom is -0.505 e. The molecule has 0 fully saturated rings. The van der Waals surface area contributed by atoms with Crippen LogP contribution in [-0.2, 0) is 10.0 Å². The molecule has 2 aromatic rings. The largest absolute Gasteiger partial charge is 0.505 e. The zero-order chi connectivity index (χ0) is 14.6. The molecule has 0 aromatic heterocycles. The molecule has 0 atom stereocenters. The number of nitrogens with zero attached hydrogens (tertiary/aromatic N) is 1. The molecular formula is C14H14N2O3S. The fourth-order valence-electron chi connectivity index (χ4n) is 1.61. The molecule has 0 bridgehead atoms. The van der Waals surface area contributed by atoms with Crippen molar-refractivity contribution in [3.8, 4) is 5.75 Å². The Labute approximate surface area is 117 Å². The van der Waals surface area contributed by atoms with E-state index in [0.29, 0.717) is 5.56 Å². The molecule has 2 rings (SSSR count). The molecule has 0 radical (unpaired) electrons. The highest BCUT2D eigenvalue weighted by atomic mass is 32.2. The van der Waals surface area contributed by atoms with E-state index in [9.17, 15) is 13.5 Å². The van der Waals surface area contributed by atoms with Gasteiger partial charge in [-0.25, -0.2) is 8.42 Å². The zero-order valence-electron chi connectivity index (χ0n) is 10.8. The van der Waals surface area contributed by atoms with Crippen LogP contribution in [0.1, 0.15) is 5.56 Å². The van der Waals surface area contributed by atoms with Crippen LogP contribution in [0.2, 0.25) is 0 Å². The second-order valence-corrected chi connectivity index (χ2v) is 5.96. The van der Waals surface area contributed by atoms with E-state index in [0.717, 1.165) is 11.9 Å². The Hall–Kier alpha value is -2.34. The number of anilines is 1. The summed E-state index contributed by atoms with van der Waals surface area (Å²) in [6, 6.07) is 14.0. The van der Waals surface area contributed by atoms with Gasteiger partial charge in [0.2, 0.25) is 10.0 Å². The quantitative estimate of drug-likeness (QED) is 0.671. The van der Waals surface area contributed by atoms with Crippen LogP contribution in [0.15, 0.2) is 53.5 Å². The zero-order valence-corrected chi connectivity index (χ0v) is 11.6. The van der Waals surface area contributed by atoms with Crippen molar-refractivity contribution in [2.45, 2.75) is 0 Å². The van der Waals surface area contributed by atoms with Crippen LogP contribution < -0.4 is 4.72 Å². The summed E-state index contributed by atoms with van der Waals surface area (Å²) >= 11 is 0. The SMILES string of the molecule is CS(=O)(=O)Nc1cccc(C=Nc2ccccc2)c1O. The van der Waals surface area contributed by atoms with Crippen molar-refractivity contribution in [3.63, 3.8) is 0 Å². The van der Waals surface area contributed by atoms with E-state index in [1.165, 1.54) is 12.3 Å². The third-order valence-electron chi connectivity index (χ3n) is 2.47. The molecule has 0 aliphatic rings. The fourth-order valence-corrected chi connectivity index (χ4v) is 2.17. The second kappa shape index (κ2) is 5.75. The van der Waals surface area contributed by atoms with E-state index in [-0.39, 0.29) is 11.4 Å². The molecule has 20 heavy (non-hydrogen) atoms. The smallest absolute Gasteiger partial charge is 0.229 e. The van der Waals surface area contributed by atoms with Crippen LogP contribution in [0.3, 0.4) is 0 Å². The normalized spacial score (nSPS) is 11.7. The van der Waals surface area contributed by atoms with Gasteiger partial charge in [0.15, 0.2) is 0 Å². The van der Waals surface area contributed by atoms with E-state index in [1.54, 1.807) is 12.1 Å². The van der Waals surface area contributed by atoms with E-state index in [4.69, 9.17) is 0 Å². The maximum atomic E-state index is 11.2. The number of phenols is 1. The number of aromatic hydroxyl groups is 1. The summed E-state index contributed by atoms with van der Waals surface area (Å²) in [5.41, 5.74) is 1.31. The van der Waals surface area contributed by atoms with Gasteiger partial charge in [0.1, 0.15) is 5.75 Å². The number of sulfonamides is 1. The Morgan fingerprint density at radius 1 is 1.10 bits per heavy atom. The van der Waals surface area contributed by atoms with Crippen LogP contribution >= 0.6 is 0 Å². The average molecular weight is 290 g/mol. The Morgan fingerprint density at radius 3 is 2.45 bits per heavy atom. The molecule has 2 aromatic carbocycles. The van der Waals surface area contributed by atoms with Gasteiger partial charge in [-0.2, -0.15) is 0 Å². The Morgan fingerprint density at radius 2 is 1.80 bits per heavy atom. The second-order valence-electron chi connectivity index (χ2n) is 4.21. The summed E-state index contributed by atoms with van der Waals surface area (Å²) in [7, 11) is -3.44. The maximum absolute atomic E-state index is 11.2. The third kappa shape index (κ3) is 3.83. The predicted octanol–water partition coefficient (Wildman–Crippen LogP) is 2.51.